The fraction of sp³-hybridized carbons (Fsp3) is 0.476. The van der Waals surface area contributed by atoms with Crippen molar-refractivity contribution in [1.82, 2.24) is 15.1 Å². The van der Waals surface area contributed by atoms with Crippen LogP contribution in [0.25, 0.3) is 6.08 Å². The van der Waals surface area contributed by atoms with E-state index < -0.39 is 0 Å². The van der Waals surface area contributed by atoms with Crippen LogP contribution in [0.3, 0.4) is 0 Å². The minimum absolute atomic E-state index is 0.103. The van der Waals surface area contributed by atoms with Gasteiger partial charge in [0.15, 0.2) is 5.11 Å². The van der Waals surface area contributed by atoms with Crippen molar-refractivity contribution in [1.29, 1.82) is 0 Å². The Morgan fingerprint density at radius 2 is 1.79 bits per heavy atom. The first kappa shape index (κ1) is 22.0. The summed E-state index contributed by atoms with van der Waals surface area (Å²) >= 11 is 5.40. The van der Waals surface area contributed by atoms with Crippen LogP contribution >= 0.6 is 12.2 Å². The van der Waals surface area contributed by atoms with E-state index in [0.29, 0.717) is 17.5 Å². The summed E-state index contributed by atoms with van der Waals surface area (Å²) in [7, 11) is 0. The molecule has 1 fully saturated rings. The number of unbranched alkanes of at least 4 members (excludes halogenated alkanes) is 2. The molecular weight excluding hydrogens is 372 g/mol. The minimum Gasteiger partial charge on any atom is -0.328 e. The first-order valence-corrected chi connectivity index (χ1v) is 10.3. The Labute approximate surface area is 173 Å². The van der Waals surface area contributed by atoms with Crippen LogP contribution < -0.4 is 10.6 Å². The highest BCUT2D eigenvalue weighted by Gasteiger charge is 2.31. The van der Waals surface area contributed by atoms with Crippen molar-refractivity contribution in [3.05, 3.63) is 35.5 Å². The number of hydrogen-bond donors (Lipinski definition) is 2. The molecule has 0 saturated carbocycles. The molecule has 2 amide bonds. The zero-order valence-electron chi connectivity index (χ0n) is 17.0. The highest BCUT2D eigenvalue weighted by Crippen LogP contribution is 2.17. The first-order valence-electron chi connectivity index (χ1n) is 9.89. The van der Waals surface area contributed by atoms with E-state index in [2.05, 4.69) is 29.4 Å². The van der Waals surface area contributed by atoms with Gasteiger partial charge in [0.2, 0.25) is 5.91 Å². The van der Waals surface area contributed by atoms with Gasteiger partial charge in [0.25, 0.3) is 5.91 Å². The van der Waals surface area contributed by atoms with Gasteiger partial charge in [0, 0.05) is 12.6 Å². The summed E-state index contributed by atoms with van der Waals surface area (Å²) in [5.74, 6) is -0.218. The Bertz CT molecular complexity index is 722. The summed E-state index contributed by atoms with van der Waals surface area (Å²) in [5.41, 5.74) is 2.06. The lowest BCUT2D eigenvalue weighted by atomic mass is 10.1. The molecule has 28 heavy (non-hydrogen) atoms. The predicted octanol–water partition coefficient (Wildman–Crippen LogP) is 3.56. The van der Waals surface area contributed by atoms with E-state index in [1.165, 1.54) is 6.92 Å². The number of nitrogens with zero attached hydrogens (tertiary/aromatic N) is 2. The van der Waals surface area contributed by atoms with E-state index in [0.717, 1.165) is 50.0 Å². The molecular formula is C21H30N4O2S. The molecule has 0 unspecified atom stereocenters. The summed E-state index contributed by atoms with van der Waals surface area (Å²) in [6.45, 7) is 8.26. The summed E-state index contributed by atoms with van der Waals surface area (Å²) in [5, 5.41) is 6.21. The molecule has 1 heterocycles. The van der Waals surface area contributed by atoms with Gasteiger partial charge in [-0.25, -0.2) is 0 Å². The Hall–Kier alpha value is -2.25. The smallest absolute Gasteiger partial charge is 0.277 e. The van der Waals surface area contributed by atoms with Crippen LogP contribution in [0.2, 0.25) is 0 Å². The standard InChI is InChI=1S/C21H30N4O2S/c1-4-6-12-24(13-7-5-2)15-25-20(27)19(23-21(25)28)14-17-8-10-18(11-9-17)22-16(3)26/h8-11,14H,4-7,12-13,15H2,1-3H3,(H,22,26)(H,23,28)/b19-14+. The fourth-order valence-electron chi connectivity index (χ4n) is 2.95. The molecule has 2 N–H and O–H groups in total. The van der Waals surface area contributed by atoms with Crippen LogP contribution in [0, 0.1) is 0 Å². The Balaban J connectivity index is 2.06. The van der Waals surface area contributed by atoms with Gasteiger partial charge in [-0.15, -0.1) is 0 Å². The maximum absolute atomic E-state index is 12.8. The molecule has 152 valence electrons. The van der Waals surface area contributed by atoms with E-state index in [1.54, 1.807) is 23.1 Å². The number of rotatable bonds is 10. The van der Waals surface area contributed by atoms with Crippen LogP contribution in [-0.4, -0.2) is 46.5 Å². The number of carbonyl (C=O) groups excluding carboxylic acids is 2. The maximum atomic E-state index is 12.8. The molecule has 1 saturated heterocycles. The molecule has 0 aromatic heterocycles. The predicted molar refractivity (Wildman–Crippen MR) is 118 cm³/mol. The van der Waals surface area contributed by atoms with Crippen molar-refractivity contribution < 1.29 is 9.59 Å². The molecule has 0 bridgehead atoms. The van der Waals surface area contributed by atoms with Gasteiger partial charge in [-0.3, -0.25) is 19.4 Å². The monoisotopic (exact) mass is 402 g/mol. The molecule has 0 radical (unpaired) electrons. The number of anilines is 1. The van der Waals surface area contributed by atoms with Gasteiger partial charge in [-0.05, 0) is 61.9 Å². The lowest BCUT2D eigenvalue weighted by Gasteiger charge is -2.26. The largest absolute Gasteiger partial charge is 0.328 e. The molecule has 0 atom stereocenters. The van der Waals surface area contributed by atoms with E-state index >= 15 is 0 Å². The van der Waals surface area contributed by atoms with Crippen LogP contribution in [0.5, 0.6) is 0 Å². The molecule has 1 aliphatic heterocycles. The molecule has 2 rings (SSSR count). The number of nitrogens with one attached hydrogen (secondary N) is 2. The quantitative estimate of drug-likeness (QED) is 0.463. The molecule has 1 aromatic carbocycles. The fourth-order valence-corrected chi connectivity index (χ4v) is 3.20. The van der Waals surface area contributed by atoms with Gasteiger partial charge in [0.1, 0.15) is 5.70 Å². The SMILES string of the molecule is CCCCN(CCCC)CN1C(=O)/C(=C\c2ccc(NC(C)=O)cc2)NC1=S. The molecule has 0 aliphatic carbocycles. The van der Waals surface area contributed by atoms with Crippen molar-refractivity contribution in [2.45, 2.75) is 46.5 Å². The number of hydrogen-bond acceptors (Lipinski definition) is 4. The lowest BCUT2D eigenvalue weighted by molar-refractivity contribution is -0.123. The number of carbonyl (C=O) groups is 2. The third kappa shape index (κ3) is 6.42. The van der Waals surface area contributed by atoms with Crippen molar-refractivity contribution in [2.75, 3.05) is 25.1 Å². The van der Waals surface area contributed by atoms with E-state index in [4.69, 9.17) is 12.2 Å². The van der Waals surface area contributed by atoms with Crippen LogP contribution in [0.1, 0.15) is 52.0 Å². The number of benzene rings is 1. The zero-order valence-corrected chi connectivity index (χ0v) is 17.8. The minimum atomic E-state index is -0.115. The van der Waals surface area contributed by atoms with Crippen molar-refractivity contribution >= 4 is 40.9 Å². The van der Waals surface area contributed by atoms with Gasteiger partial charge < -0.3 is 10.6 Å². The summed E-state index contributed by atoms with van der Waals surface area (Å²) in [6.07, 6.45) is 6.25. The normalized spacial score (nSPS) is 15.4. The van der Waals surface area contributed by atoms with Gasteiger partial charge in [0.05, 0.1) is 6.67 Å². The Morgan fingerprint density at radius 3 is 2.32 bits per heavy atom. The van der Waals surface area contributed by atoms with Crippen LogP contribution in [0.4, 0.5) is 5.69 Å². The van der Waals surface area contributed by atoms with Crippen molar-refractivity contribution in [3.8, 4) is 0 Å². The zero-order chi connectivity index (χ0) is 20.5. The van der Waals surface area contributed by atoms with Gasteiger partial charge >= 0.3 is 0 Å². The molecule has 1 aromatic rings. The van der Waals surface area contributed by atoms with Crippen LogP contribution in [-0.2, 0) is 9.59 Å². The third-order valence-corrected chi connectivity index (χ3v) is 4.82. The Kier molecular flexibility index (Phi) is 8.60. The highest BCUT2D eigenvalue weighted by atomic mass is 32.1. The molecule has 0 spiro atoms. The average Bonchev–Trinajstić information content (AvgIpc) is 2.92. The second-order valence-electron chi connectivity index (χ2n) is 6.99. The summed E-state index contributed by atoms with van der Waals surface area (Å²) in [4.78, 5) is 27.9. The number of thiocarbonyl (C=S) groups is 1. The molecule has 7 heteroatoms. The molecule has 1 aliphatic rings. The van der Waals surface area contributed by atoms with Gasteiger partial charge in [-0.1, -0.05) is 38.8 Å². The number of amides is 2. The van der Waals surface area contributed by atoms with Gasteiger partial charge in [-0.2, -0.15) is 0 Å². The molecule has 6 nitrogen and oxygen atoms in total. The lowest BCUT2D eigenvalue weighted by Crippen LogP contribution is -2.42. The summed E-state index contributed by atoms with van der Waals surface area (Å²) in [6, 6.07) is 7.32. The van der Waals surface area contributed by atoms with E-state index in [9.17, 15) is 9.59 Å². The van der Waals surface area contributed by atoms with Crippen LogP contribution in [0.15, 0.2) is 30.0 Å². The van der Waals surface area contributed by atoms with E-state index in [-0.39, 0.29) is 11.8 Å². The Morgan fingerprint density at radius 1 is 1.18 bits per heavy atom. The highest BCUT2D eigenvalue weighted by molar-refractivity contribution is 7.80. The second-order valence-corrected chi connectivity index (χ2v) is 7.38. The second kappa shape index (κ2) is 10.9. The summed E-state index contributed by atoms with van der Waals surface area (Å²) < 4.78 is 0. The average molecular weight is 403 g/mol. The van der Waals surface area contributed by atoms with E-state index in [1.807, 2.05) is 12.1 Å². The third-order valence-electron chi connectivity index (χ3n) is 4.50. The van der Waals surface area contributed by atoms with Crippen molar-refractivity contribution in [2.24, 2.45) is 0 Å². The van der Waals surface area contributed by atoms with Crippen molar-refractivity contribution in [3.63, 3.8) is 0 Å². The topological polar surface area (TPSA) is 64.7 Å². The first-order chi connectivity index (χ1) is 13.4. The maximum Gasteiger partial charge on any atom is 0.277 e.